The smallest absolute Gasteiger partial charge is 0.236 e. The number of rotatable bonds is 4. The minimum atomic E-state index is 0.139. The lowest BCUT2D eigenvalue weighted by atomic mass is 10.1. The van der Waals surface area contributed by atoms with Crippen molar-refractivity contribution in [2.75, 3.05) is 32.8 Å². The highest BCUT2D eigenvalue weighted by atomic mass is 79.9. The Morgan fingerprint density at radius 3 is 2.79 bits per heavy atom. The van der Waals surface area contributed by atoms with E-state index in [2.05, 4.69) is 34.2 Å². The molecule has 5 heteroatoms. The molecule has 0 unspecified atom stereocenters. The maximum absolute atomic E-state index is 12.0. The quantitative estimate of drug-likeness (QED) is 0.919. The van der Waals surface area contributed by atoms with Crippen molar-refractivity contribution in [3.63, 3.8) is 0 Å². The summed E-state index contributed by atoms with van der Waals surface area (Å²) in [5.74, 6) is 0.141. The standard InChI is InChI=1S/C14H19BrN2O2/c1-11(12-4-2-3-5-13(12)15)16-10-14(18)17-6-8-19-9-7-17/h2-5,11,16H,6-10H2,1H3/t11-/m0/s1. The number of nitrogens with one attached hydrogen (secondary N) is 1. The van der Waals surface area contributed by atoms with Crippen molar-refractivity contribution in [2.45, 2.75) is 13.0 Å². The molecule has 1 aromatic rings. The summed E-state index contributed by atoms with van der Waals surface area (Å²) in [5.41, 5.74) is 1.16. The molecule has 2 rings (SSSR count). The zero-order valence-electron chi connectivity index (χ0n) is 11.1. The topological polar surface area (TPSA) is 41.6 Å². The number of nitrogens with zero attached hydrogens (tertiary/aromatic N) is 1. The molecule has 1 aliphatic heterocycles. The molecule has 1 heterocycles. The van der Waals surface area contributed by atoms with Gasteiger partial charge in [0.05, 0.1) is 19.8 Å². The zero-order chi connectivity index (χ0) is 13.7. The third kappa shape index (κ3) is 4.03. The fraction of sp³-hybridized carbons (Fsp3) is 0.500. The lowest BCUT2D eigenvalue weighted by Crippen LogP contribution is -2.45. The van der Waals surface area contributed by atoms with Crippen LogP contribution in [0.1, 0.15) is 18.5 Å². The van der Waals surface area contributed by atoms with E-state index in [0.29, 0.717) is 32.8 Å². The van der Waals surface area contributed by atoms with E-state index in [9.17, 15) is 4.79 Å². The molecule has 1 aromatic carbocycles. The second-order valence-electron chi connectivity index (χ2n) is 4.62. The van der Waals surface area contributed by atoms with Gasteiger partial charge in [0.25, 0.3) is 0 Å². The van der Waals surface area contributed by atoms with Crippen LogP contribution in [0.25, 0.3) is 0 Å². The number of morpholine rings is 1. The molecular formula is C14H19BrN2O2. The predicted molar refractivity (Wildman–Crippen MR) is 78.0 cm³/mol. The van der Waals surface area contributed by atoms with Crippen LogP contribution in [-0.2, 0) is 9.53 Å². The Morgan fingerprint density at radius 2 is 2.11 bits per heavy atom. The van der Waals surface area contributed by atoms with Crippen LogP contribution in [0.3, 0.4) is 0 Å². The van der Waals surface area contributed by atoms with E-state index in [4.69, 9.17) is 4.74 Å². The van der Waals surface area contributed by atoms with Gasteiger partial charge < -0.3 is 15.0 Å². The van der Waals surface area contributed by atoms with Gasteiger partial charge in [-0.1, -0.05) is 34.1 Å². The molecule has 0 aliphatic carbocycles. The number of ether oxygens (including phenoxy) is 1. The number of carbonyl (C=O) groups is 1. The van der Waals surface area contributed by atoms with Gasteiger partial charge in [0.2, 0.25) is 5.91 Å². The first-order valence-corrected chi connectivity index (χ1v) is 7.31. The maximum Gasteiger partial charge on any atom is 0.236 e. The van der Waals surface area contributed by atoms with E-state index in [-0.39, 0.29) is 11.9 Å². The van der Waals surface area contributed by atoms with Crippen LogP contribution in [0.4, 0.5) is 0 Å². The molecule has 1 atom stereocenters. The molecule has 19 heavy (non-hydrogen) atoms. The molecule has 0 radical (unpaired) electrons. The molecule has 0 bridgehead atoms. The summed E-state index contributed by atoms with van der Waals surface area (Å²) < 4.78 is 6.30. The summed E-state index contributed by atoms with van der Waals surface area (Å²) in [7, 11) is 0. The van der Waals surface area contributed by atoms with Gasteiger partial charge in [-0.05, 0) is 18.6 Å². The molecule has 1 amide bonds. The molecule has 0 aromatic heterocycles. The van der Waals surface area contributed by atoms with Crippen molar-refractivity contribution in [1.29, 1.82) is 0 Å². The minimum Gasteiger partial charge on any atom is -0.378 e. The number of amides is 1. The first kappa shape index (κ1) is 14.5. The Bertz CT molecular complexity index is 433. The van der Waals surface area contributed by atoms with Crippen LogP contribution in [0, 0.1) is 0 Å². The number of benzene rings is 1. The van der Waals surface area contributed by atoms with Gasteiger partial charge in [0.15, 0.2) is 0 Å². The summed E-state index contributed by atoms with van der Waals surface area (Å²) >= 11 is 3.53. The highest BCUT2D eigenvalue weighted by Gasteiger charge is 2.17. The molecule has 1 aliphatic rings. The molecule has 1 N–H and O–H groups in total. The van der Waals surface area contributed by atoms with Crippen molar-refractivity contribution < 1.29 is 9.53 Å². The fourth-order valence-electron chi connectivity index (χ4n) is 2.10. The van der Waals surface area contributed by atoms with Crippen molar-refractivity contribution in [1.82, 2.24) is 10.2 Å². The average Bonchev–Trinajstić information content (AvgIpc) is 2.46. The first-order chi connectivity index (χ1) is 9.18. The molecule has 104 valence electrons. The number of carbonyl (C=O) groups excluding carboxylic acids is 1. The first-order valence-electron chi connectivity index (χ1n) is 6.52. The monoisotopic (exact) mass is 326 g/mol. The molecular weight excluding hydrogens is 308 g/mol. The Kier molecular flexibility index (Phi) is 5.36. The minimum absolute atomic E-state index is 0.139. The van der Waals surface area contributed by atoms with Crippen molar-refractivity contribution in [2.24, 2.45) is 0 Å². The van der Waals surface area contributed by atoms with Crippen molar-refractivity contribution in [3.8, 4) is 0 Å². The number of hydrogen-bond acceptors (Lipinski definition) is 3. The third-order valence-corrected chi connectivity index (χ3v) is 4.02. The largest absolute Gasteiger partial charge is 0.378 e. The summed E-state index contributed by atoms with van der Waals surface area (Å²) in [6.45, 7) is 5.11. The Hall–Kier alpha value is -0.910. The van der Waals surface area contributed by atoms with Gasteiger partial charge >= 0.3 is 0 Å². The number of hydrogen-bond donors (Lipinski definition) is 1. The average molecular weight is 327 g/mol. The molecule has 1 fully saturated rings. The summed E-state index contributed by atoms with van der Waals surface area (Å²) in [5, 5.41) is 3.27. The van der Waals surface area contributed by atoms with E-state index < -0.39 is 0 Å². The van der Waals surface area contributed by atoms with Crippen LogP contribution in [0.2, 0.25) is 0 Å². The Labute approximate surface area is 122 Å². The maximum atomic E-state index is 12.0. The lowest BCUT2D eigenvalue weighted by Gasteiger charge is -2.27. The van der Waals surface area contributed by atoms with Crippen LogP contribution in [0.5, 0.6) is 0 Å². The van der Waals surface area contributed by atoms with E-state index in [0.717, 1.165) is 10.0 Å². The predicted octanol–water partition coefficient (Wildman–Crippen LogP) is 1.96. The van der Waals surface area contributed by atoms with Gasteiger partial charge in [0, 0.05) is 23.6 Å². The molecule has 0 saturated carbocycles. The second-order valence-corrected chi connectivity index (χ2v) is 5.47. The highest BCUT2D eigenvalue weighted by Crippen LogP contribution is 2.22. The summed E-state index contributed by atoms with van der Waals surface area (Å²) in [6, 6.07) is 8.19. The summed E-state index contributed by atoms with van der Waals surface area (Å²) in [4.78, 5) is 13.9. The third-order valence-electron chi connectivity index (χ3n) is 3.29. The van der Waals surface area contributed by atoms with E-state index in [1.807, 2.05) is 23.1 Å². The van der Waals surface area contributed by atoms with Gasteiger partial charge in [-0.25, -0.2) is 0 Å². The van der Waals surface area contributed by atoms with E-state index >= 15 is 0 Å². The van der Waals surface area contributed by atoms with Crippen molar-refractivity contribution in [3.05, 3.63) is 34.3 Å². The Balaban J connectivity index is 1.84. The second kappa shape index (κ2) is 7.03. The van der Waals surface area contributed by atoms with Crippen molar-refractivity contribution >= 4 is 21.8 Å². The summed E-state index contributed by atoms with van der Waals surface area (Å²) in [6.07, 6.45) is 0. The Morgan fingerprint density at radius 1 is 1.42 bits per heavy atom. The lowest BCUT2D eigenvalue weighted by molar-refractivity contribution is -0.134. The normalized spacial score (nSPS) is 17.3. The SMILES string of the molecule is C[C@H](NCC(=O)N1CCOCC1)c1ccccc1Br. The van der Waals surface area contributed by atoms with Gasteiger partial charge in [-0.2, -0.15) is 0 Å². The highest BCUT2D eigenvalue weighted by molar-refractivity contribution is 9.10. The van der Waals surface area contributed by atoms with E-state index in [1.54, 1.807) is 0 Å². The number of halogens is 1. The van der Waals surface area contributed by atoms with E-state index in [1.165, 1.54) is 0 Å². The van der Waals surface area contributed by atoms with Crippen LogP contribution >= 0.6 is 15.9 Å². The molecule has 0 spiro atoms. The fourth-order valence-corrected chi connectivity index (χ4v) is 2.73. The van der Waals surface area contributed by atoms with Crippen LogP contribution in [0.15, 0.2) is 28.7 Å². The molecule has 4 nitrogen and oxygen atoms in total. The van der Waals surface area contributed by atoms with Gasteiger partial charge in [-0.3, -0.25) is 4.79 Å². The van der Waals surface area contributed by atoms with Gasteiger partial charge in [0.1, 0.15) is 0 Å². The van der Waals surface area contributed by atoms with Gasteiger partial charge in [-0.15, -0.1) is 0 Å². The molecule has 1 saturated heterocycles. The van der Waals surface area contributed by atoms with Crippen LogP contribution in [-0.4, -0.2) is 43.7 Å². The zero-order valence-corrected chi connectivity index (χ0v) is 12.6. The van der Waals surface area contributed by atoms with Crippen LogP contribution < -0.4 is 5.32 Å².